The van der Waals surface area contributed by atoms with Gasteiger partial charge in [-0.25, -0.2) is 4.98 Å². The number of nitrogens with one attached hydrogen (secondary N) is 1. The zero-order valence-corrected chi connectivity index (χ0v) is 16.1. The fourth-order valence-corrected chi connectivity index (χ4v) is 4.41. The van der Waals surface area contributed by atoms with Gasteiger partial charge in [-0.1, -0.05) is 78.1 Å². The van der Waals surface area contributed by atoms with Gasteiger partial charge in [0.05, 0.1) is 16.1 Å². The van der Waals surface area contributed by atoms with Gasteiger partial charge in [0.25, 0.3) is 0 Å². The van der Waals surface area contributed by atoms with Crippen LogP contribution in [-0.2, 0) is 4.79 Å². The molecule has 128 valence electrons. The molecule has 0 aliphatic heterocycles. The maximum absolute atomic E-state index is 13.1. The number of thiazole rings is 1. The first-order valence-corrected chi connectivity index (χ1v) is 9.79. The van der Waals surface area contributed by atoms with E-state index in [1.165, 1.54) is 11.3 Å². The van der Waals surface area contributed by atoms with Crippen molar-refractivity contribution in [3.8, 4) is 0 Å². The molecule has 1 aromatic heterocycles. The molecule has 3 aromatic carbocycles. The standard InChI is InChI=1S/C21H15BrN2OS/c22-16-12-7-13-17-19(16)23-21(26-17)24-20(25)18(14-8-3-1-4-9-14)15-10-5-2-6-11-15/h1-13,18H,(H,23,24,25). The second-order valence-corrected chi connectivity index (χ2v) is 7.73. The number of halogens is 1. The molecule has 0 spiro atoms. The Kier molecular flexibility index (Phi) is 4.82. The molecule has 1 amide bonds. The Bertz CT molecular complexity index is 1010. The molecule has 0 saturated heterocycles. The van der Waals surface area contributed by atoms with Gasteiger partial charge < -0.3 is 5.32 Å². The van der Waals surface area contributed by atoms with Gasteiger partial charge in [-0.15, -0.1) is 0 Å². The van der Waals surface area contributed by atoms with Gasteiger partial charge >= 0.3 is 0 Å². The van der Waals surface area contributed by atoms with Gasteiger partial charge in [-0.2, -0.15) is 0 Å². The van der Waals surface area contributed by atoms with Gasteiger partial charge in [-0.3, -0.25) is 4.79 Å². The van der Waals surface area contributed by atoms with Crippen LogP contribution >= 0.6 is 27.3 Å². The molecule has 26 heavy (non-hydrogen) atoms. The van der Waals surface area contributed by atoms with E-state index in [1.54, 1.807) is 0 Å². The van der Waals surface area contributed by atoms with Crippen molar-refractivity contribution in [3.63, 3.8) is 0 Å². The Hall–Kier alpha value is -2.50. The molecule has 0 unspecified atom stereocenters. The first-order valence-electron chi connectivity index (χ1n) is 8.18. The van der Waals surface area contributed by atoms with Gasteiger partial charge in [0, 0.05) is 4.47 Å². The minimum absolute atomic E-state index is 0.0856. The van der Waals surface area contributed by atoms with E-state index in [0.29, 0.717) is 5.13 Å². The molecule has 0 radical (unpaired) electrons. The highest BCUT2D eigenvalue weighted by Gasteiger charge is 2.23. The topological polar surface area (TPSA) is 42.0 Å². The van der Waals surface area contributed by atoms with Gasteiger partial charge in [0.2, 0.25) is 5.91 Å². The summed E-state index contributed by atoms with van der Waals surface area (Å²) in [4.78, 5) is 17.7. The molecule has 0 atom stereocenters. The fourth-order valence-electron chi connectivity index (χ4n) is 2.93. The normalized spacial score (nSPS) is 11.0. The number of benzene rings is 3. The first kappa shape index (κ1) is 16.9. The third-order valence-electron chi connectivity index (χ3n) is 4.13. The van der Waals surface area contributed by atoms with Crippen molar-refractivity contribution in [1.29, 1.82) is 0 Å². The van der Waals surface area contributed by atoms with Crippen molar-refractivity contribution in [2.45, 2.75) is 5.92 Å². The van der Waals surface area contributed by atoms with Crippen LogP contribution in [0.5, 0.6) is 0 Å². The number of anilines is 1. The number of aromatic nitrogens is 1. The first-order chi connectivity index (χ1) is 12.7. The van der Waals surface area contributed by atoms with E-state index in [4.69, 9.17) is 0 Å². The molecule has 4 rings (SSSR count). The summed E-state index contributed by atoms with van der Waals surface area (Å²) in [7, 11) is 0. The highest BCUT2D eigenvalue weighted by atomic mass is 79.9. The van der Waals surface area contributed by atoms with Crippen LogP contribution in [0.3, 0.4) is 0 Å². The summed E-state index contributed by atoms with van der Waals surface area (Å²) in [5, 5.41) is 3.61. The van der Waals surface area contributed by atoms with E-state index < -0.39 is 0 Å². The number of rotatable bonds is 4. The lowest BCUT2D eigenvalue weighted by molar-refractivity contribution is -0.116. The molecular formula is C21H15BrN2OS. The van der Waals surface area contributed by atoms with Crippen LogP contribution < -0.4 is 5.32 Å². The van der Waals surface area contributed by atoms with Gasteiger partial charge in [-0.05, 0) is 39.2 Å². The second-order valence-electron chi connectivity index (χ2n) is 5.85. The monoisotopic (exact) mass is 422 g/mol. The Morgan fingerprint density at radius 3 is 2.08 bits per heavy atom. The maximum Gasteiger partial charge on any atom is 0.238 e. The molecule has 4 aromatic rings. The van der Waals surface area contributed by atoms with Crippen LogP contribution in [-0.4, -0.2) is 10.9 Å². The molecule has 0 bridgehead atoms. The lowest BCUT2D eigenvalue weighted by Crippen LogP contribution is -2.22. The molecule has 0 aliphatic rings. The predicted octanol–water partition coefficient (Wildman–Crippen LogP) is 5.83. The maximum atomic E-state index is 13.1. The van der Waals surface area contributed by atoms with Crippen LogP contribution in [0.2, 0.25) is 0 Å². The van der Waals surface area contributed by atoms with Crippen molar-refractivity contribution in [2.75, 3.05) is 5.32 Å². The average Bonchev–Trinajstić information content (AvgIpc) is 3.07. The average molecular weight is 423 g/mol. The van der Waals surface area contributed by atoms with Crippen molar-refractivity contribution >= 4 is 48.5 Å². The molecule has 1 heterocycles. The van der Waals surface area contributed by atoms with E-state index >= 15 is 0 Å². The number of fused-ring (bicyclic) bond motifs is 1. The Morgan fingerprint density at radius 1 is 0.885 bits per heavy atom. The minimum Gasteiger partial charge on any atom is -0.301 e. The fraction of sp³-hybridized carbons (Fsp3) is 0.0476. The third-order valence-corrected chi connectivity index (χ3v) is 5.70. The van der Waals surface area contributed by atoms with E-state index in [0.717, 1.165) is 25.8 Å². The lowest BCUT2D eigenvalue weighted by Gasteiger charge is -2.16. The number of para-hydroxylation sites is 1. The Labute approximate surface area is 163 Å². The van der Waals surface area contributed by atoms with Crippen molar-refractivity contribution in [1.82, 2.24) is 4.98 Å². The quantitative estimate of drug-likeness (QED) is 0.449. The smallest absolute Gasteiger partial charge is 0.238 e. The van der Waals surface area contributed by atoms with Crippen LogP contribution in [0.4, 0.5) is 5.13 Å². The number of hydrogen-bond acceptors (Lipinski definition) is 3. The van der Waals surface area contributed by atoms with Crippen LogP contribution in [0.1, 0.15) is 17.0 Å². The zero-order valence-electron chi connectivity index (χ0n) is 13.7. The van der Waals surface area contributed by atoms with Crippen LogP contribution in [0.25, 0.3) is 10.2 Å². The van der Waals surface area contributed by atoms with Gasteiger partial charge in [0.1, 0.15) is 0 Å². The molecule has 0 aliphatic carbocycles. The van der Waals surface area contributed by atoms with Crippen molar-refractivity contribution in [2.24, 2.45) is 0 Å². The number of hydrogen-bond donors (Lipinski definition) is 1. The van der Waals surface area contributed by atoms with E-state index in [2.05, 4.69) is 26.2 Å². The SMILES string of the molecule is O=C(Nc1nc2c(Br)cccc2s1)C(c1ccccc1)c1ccccc1. The lowest BCUT2D eigenvalue weighted by atomic mass is 9.90. The van der Waals surface area contributed by atoms with Crippen molar-refractivity contribution in [3.05, 3.63) is 94.5 Å². The minimum atomic E-state index is -0.382. The van der Waals surface area contributed by atoms with Crippen LogP contribution in [0, 0.1) is 0 Å². The van der Waals surface area contributed by atoms with E-state index in [9.17, 15) is 4.79 Å². The molecule has 1 N–H and O–H groups in total. The Morgan fingerprint density at radius 2 is 1.50 bits per heavy atom. The predicted molar refractivity (Wildman–Crippen MR) is 111 cm³/mol. The third kappa shape index (κ3) is 3.41. The molecule has 0 fully saturated rings. The number of carbonyl (C=O) groups is 1. The zero-order chi connectivity index (χ0) is 17.9. The summed E-state index contributed by atoms with van der Waals surface area (Å²) < 4.78 is 1.96. The summed E-state index contributed by atoms with van der Waals surface area (Å²) >= 11 is 4.98. The van der Waals surface area contributed by atoms with E-state index in [-0.39, 0.29) is 11.8 Å². The summed E-state index contributed by atoms with van der Waals surface area (Å²) in [5.74, 6) is -0.467. The van der Waals surface area contributed by atoms with Crippen molar-refractivity contribution < 1.29 is 4.79 Å². The number of carbonyl (C=O) groups excluding carboxylic acids is 1. The summed E-state index contributed by atoms with van der Waals surface area (Å²) in [6.45, 7) is 0. The van der Waals surface area contributed by atoms with Crippen LogP contribution in [0.15, 0.2) is 83.3 Å². The molecule has 3 nitrogen and oxygen atoms in total. The molecular weight excluding hydrogens is 408 g/mol. The number of nitrogens with zero attached hydrogens (tertiary/aromatic N) is 1. The summed E-state index contributed by atoms with van der Waals surface area (Å²) in [5.41, 5.74) is 2.78. The Balaban J connectivity index is 1.69. The van der Waals surface area contributed by atoms with Gasteiger partial charge in [0.15, 0.2) is 5.13 Å². The summed E-state index contributed by atoms with van der Waals surface area (Å²) in [6, 6.07) is 25.5. The largest absolute Gasteiger partial charge is 0.301 e. The summed E-state index contributed by atoms with van der Waals surface area (Å²) in [6.07, 6.45) is 0. The molecule has 0 saturated carbocycles. The van der Waals surface area contributed by atoms with E-state index in [1.807, 2.05) is 78.9 Å². The highest BCUT2D eigenvalue weighted by molar-refractivity contribution is 9.10. The highest BCUT2D eigenvalue weighted by Crippen LogP contribution is 2.32. The second kappa shape index (κ2) is 7.40. The molecule has 5 heteroatoms. The number of amides is 1.